The van der Waals surface area contributed by atoms with Crippen LogP contribution in [0.2, 0.25) is 0 Å². The van der Waals surface area contributed by atoms with Gasteiger partial charge in [-0.25, -0.2) is 8.42 Å². The Morgan fingerprint density at radius 2 is 2.05 bits per heavy atom. The molecule has 2 rings (SSSR count). The number of rotatable bonds is 4. The normalized spacial score (nSPS) is 25.6. The highest BCUT2D eigenvalue weighted by molar-refractivity contribution is 7.90. The van der Waals surface area contributed by atoms with Crippen LogP contribution in [0, 0.1) is 5.92 Å². The maximum Gasteiger partial charge on any atom is 0.228 e. The highest BCUT2D eigenvalue weighted by Gasteiger charge is 2.29. The van der Waals surface area contributed by atoms with Gasteiger partial charge in [0.15, 0.2) is 0 Å². The van der Waals surface area contributed by atoms with Crippen LogP contribution >= 0.6 is 0 Å². The Bertz CT molecular complexity index is 432. The summed E-state index contributed by atoms with van der Waals surface area (Å²) in [4.78, 5) is 16.4. The van der Waals surface area contributed by atoms with Crippen LogP contribution in [-0.2, 0) is 19.4 Å². The molecule has 7 heteroatoms. The van der Waals surface area contributed by atoms with Crippen molar-refractivity contribution < 1.29 is 17.9 Å². The molecule has 0 N–H and O–H groups in total. The summed E-state index contributed by atoms with van der Waals surface area (Å²) >= 11 is 0. The zero-order valence-electron chi connectivity index (χ0n) is 12.1. The number of ether oxygens (including phenoxy) is 1. The molecule has 0 aromatic carbocycles. The van der Waals surface area contributed by atoms with Gasteiger partial charge in [0.2, 0.25) is 5.91 Å². The summed E-state index contributed by atoms with van der Waals surface area (Å²) in [5.41, 5.74) is 0. The van der Waals surface area contributed by atoms with Crippen molar-refractivity contribution >= 4 is 15.7 Å². The van der Waals surface area contributed by atoms with Crippen LogP contribution in [-0.4, -0.2) is 82.1 Å². The third-order valence-electron chi connectivity index (χ3n) is 3.96. The average molecular weight is 304 g/mol. The largest absolute Gasteiger partial charge is 0.381 e. The van der Waals surface area contributed by atoms with Gasteiger partial charge in [0.1, 0.15) is 9.84 Å². The maximum absolute atomic E-state index is 12.3. The summed E-state index contributed by atoms with van der Waals surface area (Å²) in [7, 11) is -2.92. The molecule has 1 unspecified atom stereocenters. The Kier molecular flexibility index (Phi) is 5.40. The van der Waals surface area contributed by atoms with Gasteiger partial charge in [-0.3, -0.25) is 4.79 Å². The van der Waals surface area contributed by atoms with Crippen LogP contribution in [0.3, 0.4) is 0 Å². The Balaban J connectivity index is 1.81. The van der Waals surface area contributed by atoms with Gasteiger partial charge < -0.3 is 14.5 Å². The van der Waals surface area contributed by atoms with Crippen LogP contribution in [0.15, 0.2) is 0 Å². The lowest BCUT2D eigenvalue weighted by atomic mass is 10.1. The second-order valence-electron chi connectivity index (χ2n) is 5.71. The van der Waals surface area contributed by atoms with Crippen LogP contribution in [0.25, 0.3) is 0 Å². The molecule has 0 saturated carbocycles. The fourth-order valence-corrected chi connectivity index (χ4v) is 3.29. The quantitative estimate of drug-likeness (QED) is 0.707. The SMILES string of the molecule is CS(=O)(=O)CCN1CCCN(C(=O)C2CCOC2)CC1. The van der Waals surface area contributed by atoms with E-state index >= 15 is 0 Å². The van der Waals surface area contributed by atoms with E-state index in [1.54, 1.807) is 0 Å². The summed E-state index contributed by atoms with van der Waals surface area (Å²) in [5, 5.41) is 0. The van der Waals surface area contributed by atoms with E-state index < -0.39 is 9.84 Å². The van der Waals surface area contributed by atoms with Gasteiger partial charge in [0.05, 0.1) is 18.3 Å². The van der Waals surface area contributed by atoms with Crippen molar-refractivity contribution in [1.82, 2.24) is 9.80 Å². The lowest BCUT2D eigenvalue weighted by Gasteiger charge is -2.24. The Labute approximate surface area is 121 Å². The number of sulfone groups is 1. The van der Waals surface area contributed by atoms with Gasteiger partial charge >= 0.3 is 0 Å². The van der Waals surface area contributed by atoms with Gasteiger partial charge in [-0.1, -0.05) is 0 Å². The molecule has 116 valence electrons. The molecule has 2 aliphatic rings. The summed E-state index contributed by atoms with van der Waals surface area (Å²) in [6, 6.07) is 0. The highest BCUT2D eigenvalue weighted by atomic mass is 32.2. The smallest absolute Gasteiger partial charge is 0.228 e. The van der Waals surface area contributed by atoms with E-state index in [4.69, 9.17) is 4.74 Å². The van der Waals surface area contributed by atoms with Crippen molar-refractivity contribution in [3.05, 3.63) is 0 Å². The molecule has 1 amide bonds. The molecule has 2 aliphatic heterocycles. The lowest BCUT2D eigenvalue weighted by Crippen LogP contribution is -2.39. The fourth-order valence-electron chi connectivity index (χ4n) is 2.70. The maximum atomic E-state index is 12.3. The van der Waals surface area contributed by atoms with Gasteiger partial charge in [-0.15, -0.1) is 0 Å². The van der Waals surface area contributed by atoms with E-state index in [2.05, 4.69) is 4.90 Å². The van der Waals surface area contributed by atoms with E-state index in [0.717, 1.165) is 32.5 Å². The molecular formula is C13H24N2O4S. The van der Waals surface area contributed by atoms with Gasteiger partial charge in [-0.05, 0) is 19.4 Å². The Hall–Kier alpha value is -0.660. The first kappa shape index (κ1) is 15.7. The lowest BCUT2D eigenvalue weighted by molar-refractivity contribution is -0.135. The predicted molar refractivity (Wildman–Crippen MR) is 76.3 cm³/mol. The molecule has 0 spiro atoms. The van der Waals surface area contributed by atoms with E-state index in [-0.39, 0.29) is 17.6 Å². The molecular weight excluding hydrogens is 280 g/mol. The minimum absolute atomic E-state index is 0.0255. The second-order valence-corrected chi connectivity index (χ2v) is 7.97. The predicted octanol–water partition coefficient (Wildman–Crippen LogP) is -0.398. The first-order valence-corrected chi connectivity index (χ1v) is 9.28. The topological polar surface area (TPSA) is 66.9 Å². The number of carbonyl (C=O) groups is 1. The molecule has 6 nitrogen and oxygen atoms in total. The Morgan fingerprint density at radius 1 is 1.25 bits per heavy atom. The standard InChI is InChI=1S/C13H24N2O4S/c1-20(17,18)10-8-14-4-2-5-15(7-6-14)13(16)12-3-9-19-11-12/h12H,2-11H2,1H3. The number of nitrogens with zero attached hydrogens (tertiary/aromatic N) is 2. The van der Waals surface area contributed by atoms with Gasteiger partial charge in [0, 0.05) is 39.0 Å². The minimum atomic E-state index is -2.92. The van der Waals surface area contributed by atoms with Crippen molar-refractivity contribution in [2.75, 3.05) is 57.9 Å². The Morgan fingerprint density at radius 3 is 2.70 bits per heavy atom. The minimum Gasteiger partial charge on any atom is -0.381 e. The van der Waals surface area contributed by atoms with E-state index in [9.17, 15) is 13.2 Å². The summed E-state index contributed by atoms with van der Waals surface area (Å²) in [6.07, 6.45) is 3.00. The van der Waals surface area contributed by atoms with Crippen molar-refractivity contribution in [1.29, 1.82) is 0 Å². The third kappa shape index (κ3) is 4.71. The van der Waals surface area contributed by atoms with Gasteiger partial charge in [-0.2, -0.15) is 0 Å². The van der Waals surface area contributed by atoms with Crippen LogP contribution < -0.4 is 0 Å². The molecule has 0 aliphatic carbocycles. The number of carbonyl (C=O) groups excluding carboxylic acids is 1. The molecule has 2 saturated heterocycles. The molecule has 0 aromatic rings. The van der Waals surface area contributed by atoms with Crippen molar-refractivity contribution in [2.45, 2.75) is 12.8 Å². The molecule has 0 bridgehead atoms. The first-order chi connectivity index (χ1) is 9.46. The second kappa shape index (κ2) is 6.87. The monoisotopic (exact) mass is 304 g/mol. The fraction of sp³-hybridized carbons (Fsp3) is 0.923. The molecule has 1 atom stereocenters. The zero-order valence-corrected chi connectivity index (χ0v) is 12.9. The van der Waals surface area contributed by atoms with Crippen molar-refractivity contribution in [3.8, 4) is 0 Å². The van der Waals surface area contributed by atoms with E-state index in [1.165, 1.54) is 6.26 Å². The molecule has 0 radical (unpaired) electrons. The molecule has 2 fully saturated rings. The highest BCUT2D eigenvalue weighted by Crippen LogP contribution is 2.16. The zero-order chi connectivity index (χ0) is 14.6. The third-order valence-corrected chi connectivity index (χ3v) is 4.88. The number of hydrogen-bond acceptors (Lipinski definition) is 5. The average Bonchev–Trinajstić information content (AvgIpc) is 2.80. The summed E-state index contributed by atoms with van der Waals surface area (Å²) in [6.45, 7) is 4.88. The van der Waals surface area contributed by atoms with E-state index in [1.807, 2.05) is 4.90 Å². The molecule has 2 heterocycles. The van der Waals surface area contributed by atoms with Crippen LogP contribution in [0.4, 0.5) is 0 Å². The van der Waals surface area contributed by atoms with Crippen LogP contribution in [0.5, 0.6) is 0 Å². The summed E-state index contributed by atoms with van der Waals surface area (Å²) < 4.78 is 27.7. The summed E-state index contributed by atoms with van der Waals surface area (Å²) in [5.74, 6) is 0.419. The van der Waals surface area contributed by atoms with Gasteiger partial charge in [0.25, 0.3) is 0 Å². The first-order valence-electron chi connectivity index (χ1n) is 7.22. The molecule has 0 aromatic heterocycles. The molecule has 20 heavy (non-hydrogen) atoms. The van der Waals surface area contributed by atoms with Crippen LogP contribution in [0.1, 0.15) is 12.8 Å². The van der Waals surface area contributed by atoms with Crippen molar-refractivity contribution in [2.24, 2.45) is 5.92 Å². The van der Waals surface area contributed by atoms with E-state index in [0.29, 0.717) is 26.3 Å². The van der Waals surface area contributed by atoms with Crippen molar-refractivity contribution in [3.63, 3.8) is 0 Å². The number of hydrogen-bond donors (Lipinski definition) is 0. The number of amides is 1.